The van der Waals surface area contributed by atoms with E-state index in [2.05, 4.69) is 230 Å². The smallest absolute Gasteiger partial charge is 0.310 e. The number of carboxylic acids is 1. The molecule has 9 N–H and O–H groups in total. The molecule has 8 aromatic rings. The van der Waals surface area contributed by atoms with Crippen molar-refractivity contribution >= 4 is 11.9 Å². The highest BCUT2D eigenvalue weighted by molar-refractivity contribution is 5.73. The zero-order valence-corrected chi connectivity index (χ0v) is 46.9. The Bertz CT molecular complexity index is 3380. The predicted molar refractivity (Wildman–Crippen MR) is 295 cm³/mol. The SMILES string of the molecule is CC1(C)c2ccc([nH]2)C(C)(C)c2ccc([nH]2)C(C)(C)c2[nH]c(cc2CC(=O)O)C(C)(C)c2ccc1[nH]2.CCOC(=O)Cc1cc2[nH]c1C(C)(C)c1ccc([nH]1)C(C)(C)c1ccc([nH]1)C(C)(C)c1ccc([nH]1)C2(C)C. The molecule has 0 unspecified atom stereocenters. The number of carbonyl (C=O) groups is 2. The van der Waals surface area contributed by atoms with Crippen molar-refractivity contribution in [3.8, 4) is 0 Å². The van der Waals surface area contributed by atoms with Gasteiger partial charge >= 0.3 is 11.9 Å². The third kappa shape index (κ3) is 8.46. The van der Waals surface area contributed by atoms with Gasteiger partial charge in [0.15, 0.2) is 0 Å². The highest BCUT2D eigenvalue weighted by Gasteiger charge is 2.40. The number of nitrogens with one attached hydrogen (secondary N) is 8. The van der Waals surface area contributed by atoms with Crippen LogP contribution in [0.2, 0.25) is 0 Å². The van der Waals surface area contributed by atoms with Gasteiger partial charge in [0.2, 0.25) is 0 Å². The van der Waals surface area contributed by atoms with Crippen LogP contribution in [0, 0.1) is 0 Å². The first-order chi connectivity index (χ1) is 34.3. The minimum Gasteiger partial charge on any atom is -0.481 e. The van der Waals surface area contributed by atoms with Crippen LogP contribution in [0.1, 0.15) is 220 Å². The quantitative estimate of drug-likeness (QED) is 0.0776. The first-order valence-electron chi connectivity index (χ1n) is 26.4. The van der Waals surface area contributed by atoms with Crippen LogP contribution in [0.4, 0.5) is 0 Å². The molecule has 0 radical (unpaired) electrons. The number of esters is 1. The van der Waals surface area contributed by atoms with Crippen LogP contribution in [-0.2, 0) is 70.5 Å². The number of aromatic nitrogens is 8. The fourth-order valence-corrected chi connectivity index (χ4v) is 11.5. The summed E-state index contributed by atoms with van der Waals surface area (Å²) >= 11 is 0. The number of rotatable bonds is 5. The van der Waals surface area contributed by atoms with E-state index in [9.17, 15) is 14.7 Å². The average molecular weight is 1000 g/mol. The second kappa shape index (κ2) is 17.4. The zero-order valence-electron chi connectivity index (χ0n) is 46.9. The second-order valence-corrected chi connectivity index (χ2v) is 25.4. The van der Waals surface area contributed by atoms with Crippen molar-refractivity contribution in [2.75, 3.05) is 6.61 Å². The maximum atomic E-state index is 12.7. The Kier molecular flexibility index (Phi) is 12.2. The molecule has 0 atom stereocenters. The Balaban J connectivity index is 0.000000182. The number of aromatic amines is 8. The van der Waals surface area contributed by atoms with Crippen LogP contribution in [0.15, 0.2) is 84.9 Å². The highest BCUT2D eigenvalue weighted by Crippen LogP contribution is 2.45. The summed E-state index contributed by atoms with van der Waals surface area (Å²) in [7, 11) is 0. The van der Waals surface area contributed by atoms with Gasteiger partial charge in [-0.15, -0.1) is 0 Å². The van der Waals surface area contributed by atoms with E-state index >= 15 is 0 Å². The number of carboxylic acid groups (broad SMARTS) is 1. The summed E-state index contributed by atoms with van der Waals surface area (Å²) in [4.78, 5) is 54.4. The van der Waals surface area contributed by atoms with Gasteiger partial charge in [-0.25, -0.2) is 0 Å². The van der Waals surface area contributed by atoms with Gasteiger partial charge in [-0.2, -0.15) is 0 Å². The van der Waals surface area contributed by atoms with Crippen molar-refractivity contribution in [2.45, 2.75) is 174 Å². The molecule has 0 amide bonds. The van der Waals surface area contributed by atoms with Crippen molar-refractivity contribution in [1.82, 2.24) is 39.9 Å². The Labute approximate surface area is 437 Å². The molecule has 0 aliphatic carbocycles. The third-order valence-corrected chi connectivity index (χ3v) is 17.6. The average Bonchev–Trinajstić information content (AvgIpc) is 4.18. The van der Waals surface area contributed by atoms with Crippen LogP contribution >= 0.6 is 0 Å². The molecule has 16 bridgehead atoms. The number of hydrogen-bond acceptors (Lipinski definition) is 3. The van der Waals surface area contributed by atoms with Crippen molar-refractivity contribution in [3.63, 3.8) is 0 Å². The van der Waals surface area contributed by atoms with E-state index < -0.39 is 16.8 Å². The normalized spacial score (nSPS) is 19.0. The van der Waals surface area contributed by atoms with Crippen LogP contribution in [0.25, 0.3) is 0 Å². The Morgan fingerprint density at radius 3 is 0.797 bits per heavy atom. The highest BCUT2D eigenvalue weighted by atomic mass is 16.5. The summed E-state index contributed by atoms with van der Waals surface area (Å²) in [5, 5.41) is 9.71. The molecular weight excluding hydrogens is 921 g/mol. The Morgan fingerprint density at radius 1 is 0.351 bits per heavy atom. The number of H-pyrrole nitrogens is 8. The minimum atomic E-state index is -0.833. The van der Waals surface area contributed by atoms with Crippen molar-refractivity contribution in [1.29, 1.82) is 0 Å². The first-order valence-corrected chi connectivity index (χ1v) is 26.4. The Morgan fingerprint density at radius 2 is 0.568 bits per heavy atom. The van der Waals surface area contributed by atoms with Crippen molar-refractivity contribution < 1.29 is 19.4 Å². The molecule has 2 aliphatic rings. The lowest BCUT2D eigenvalue weighted by molar-refractivity contribution is -0.142. The maximum absolute atomic E-state index is 12.7. The molecule has 0 aromatic carbocycles. The van der Waals surface area contributed by atoms with Gasteiger partial charge in [-0.3, -0.25) is 9.59 Å². The van der Waals surface area contributed by atoms with Gasteiger partial charge in [-0.1, -0.05) is 0 Å². The van der Waals surface area contributed by atoms with E-state index in [-0.39, 0.29) is 51.3 Å². The molecule has 392 valence electrons. The van der Waals surface area contributed by atoms with Crippen LogP contribution in [0.5, 0.6) is 0 Å². The van der Waals surface area contributed by atoms with Crippen molar-refractivity contribution in [3.05, 3.63) is 187 Å². The van der Waals surface area contributed by atoms with E-state index in [0.29, 0.717) is 6.61 Å². The molecule has 0 saturated carbocycles. The van der Waals surface area contributed by atoms with E-state index in [1.54, 1.807) is 0 Å². The monoisotopic (exact) mass is 1000 g/mol. The van der Waals surface area contributed by atoms with E-state index in [4.69, 9.17) is 4.74 Å². The third-order valence-electron chi connectivity index (χ3n) is 17.6. The molecule has 12 heteroatoms. The summed E-state index contributed by atoms with van der Waals surface area (Å²) in [6.07, 6.45) is 0.199. The number of carbonyl (C=O) groups excluding carboxylic acids is 1. The summed E-state index contributed by atoms with van der Waals surface area (Å²) in [6, 6.07) is 30.4. The molecule has 8 aromatic heterocycles. The van der Waals surface area contributed by atoms with E-state index in [0.717, 1.165) is 96.5 Å². The lowest BCUT2D eigenvalue weighted by Gasteiger charge is -2.28. The Hall–Kier alpha value is -6.82. The summed E-state index contributed by atoms with van der Waals surface area (Å²) in [6.45, 7) is 37.6. The van der Waals surface area contributed by atoms with E-state index in [1.807, 2.05) is 13.0 Å². The summed E-state index contributed by atoms with van der Waals surface area (Å²) in [5.74, 6) is -1.04. The number of ether oxygens (including phenoxy) is 1. The van der Waals surface area contributed by atoms with Gasteiger partial charge in [0.25, 0.3) is 0 Å². The van der Waals surface area contributed by atoms with Gasteiger partial charge < -0.3 is 49.7 Å². The molecule has 10 rings (SSSR count). The fraction of sp³-hybridized carbons (Fsp3) is 0.452. The summed E-state index contributed by atoms with van der Waals surface area (Å²) in [5.41, 5.74) is 16.7. The van der Waals surface area contributed by atoms with Gasteiger partial charge in [0.1, 0.15) is 0 Å². The minimum absolute atomic E-state index is 0.0294. The van der Waals surface area contributed by atoms with Gasteiger partial charge in [0.05, 0.1) is 19.4 Å². The molecule has 12 nitrogen and oxygen atoms in total. The molecule has 0 spiro atoms. The first kappa shape index (κ1) is 52.1. The number of aliphatic carboxylic acids is 1. The summed E-state index contributed by atoms with van der Waals surface area (Å²) < 4.78 is 5.35. The van der Waals surface area contributed by atoms with Crippen LogP contribution in [0.3, 0.4) is 0 Å². The molecule has 74 heavy (non-hydrogen) atoms. The molecule has 0 fully saturated rings. The predicted octanol–water partition coefficient (Wildman–Crippen LogP) is 13.0. The molecule has 2 aliphatic heterocycles. The molecule has 10 heterocycles. The fourth-order valence-electron chi connectivity index (χ4n) is 11.5. The van der Waals surface area contributed by atoms with Crippen molar-refractivity contribution in [2.24, 2.45) is 0 Å². The lowest BCUT2D eigenvalue weighted by Crippen LogP contribution is -2.26. The van der Waals surface area contributed by atoms with Crippen LogP contribution in [-0.4, -0.2) is 63.5 Å². The molecular formula is C62H80N8O4. The topological polar surface area (TPSA) is 190 Å². The maximum Gasteiger partial charge on any atom is 0.310 e. The van der Waals surface area contributed by atoms with E-state index in [1.165, 1.54) is 5.69 Å². The largest absolute Gasteiger partial charge is 0.481 e. The lowest BCUT2D eigenvalue weighted by atomic mass is 9.83. The second-order valence-electron chi connectivity index (χ2n) is 25.4. The van der Waals surface area contributed by atoms with Crippen LogP contribution < -0.4 is 0 Å². The standard InChI is InChI=1S/C32H42N4O2.C30H38N4O2/c1-10-38-27(37)18-19-17-26-31(6,7)24-14-13-22(34-24)29(2,3)20-11-12-21(33-20)30(4,5)23-15-16-25(35-23)32(8,9)28(19)36-26;1-27(2)18-9-10-19(31-18)28(3,4)21-13-14-23(33-21)30(7,8)26-17(16-25(35)36)15-24(34-26)29(5,6)22-12-11-20(27)32-22/h11-17,33-36H,10,18H2,1-9H3;9-15,31-34H,16H2,1-8H3,(H,35,36). The molecule has 0 saturated heterocycles. The zero-order chi connectivity index (χ0) is 53.9. The number of fused-ring (bicyclic) bond motifs is 16. The van der Waals surface area contributed by atoms with Gasteiger partial charge in [0, 0.05) is 134 Å². The number of hydrogen-bond donors (Lipinski definition) is 9. The van der Waals surface area contributed by atoms with Gasteiger partial charge in [-0.05, 0) is 214 Å².